The molecule has 0 saturated heterocycles. The van der Waals surface area contributed by atoms with Gasteiger partial charge in [-0.2, -0.15) is 18.4 Å². The van der Waals surface area contributed by atoms with Gasteiger partial charge in [-0.3, -0.25) is 9.10 Å². The lowest BCUT2D eigenvalue weighted by atomic mass is 10.1. The molecule has 0 aliphatic rings. The molecule has 3 aromatic rings. The van der Waals surface area contributed by atoms with E-state index in [2.05, 4.69) is 5.32 Å². The molecule has 170 valence electrons. The minimum Gasteiger partial charge on any atom is -0.325 e. The van der Waals surface area contributed by atoms with Crippen LogP contribution in [0.4, 0.5) is 24.5 Å². The van der Waals surface area contributed by atoms with Crippen molar-refractivity contribution in [2.75, 3.05) is 16.2 Å². The molecule has 1 amide bonds. The van der Waals surface area contributed by atoms with Crippen LogP contribution < -0.4 is 9.62 Å². The summed E-state index contributed by atoms with van der Waals surface area (Å²) < 4.78 is 66.8. The quantitative estimate of drug-likeness (QED) is 0.543. The van der Waals surface area contributed by atoms with Crippen molar-refractivity contribution in [2.45, 2.75) is 17.5 Å². The maximum absolute atomic E-state index is 13.2. The van der Waals surface area contributed by atoms with Gasteiger partial charge in [-0.1, -0.05) is 36.4 Å². The van der Waals surface area contributed by atoms with Crippen molar-refractivity contribution in [2.24, 2.45) is 0 Å². The summed E-state index contributed by atoms with van der Waals surface area (Å²) >= 11 is 0. The molecule has 0 saturated carbocycles. The van der Waals surface area contributed by atoms with E-state index in [9.17, 15) is 26.4 Å². The van der Waals surface area contributed by atoms with Crippen LogP contribution in [-0.4, -0.2) is 20.9 Å². The third-order valence-corrected chi connectivity index (χ3v) is 6.39. The number of nitrogens with one attached hydrogen (secondary N) is 1. The van der Waals surface area contributed by atoms with Crippen LogP contribution in [-0.2, 0) is 27.4 Å². The van der Waals surface area contributed by atoms with E-state index in [0.29, 0.717) is 16.1 Å². The van der Waals surface area contributed by atoms with E-state index >= 15 is 0 Å². The smallest absolute Gasteiger partial charge is 0.325 e. The number of benzene rings is 3. The zero-order valence-corrected chi connectivity index (χ0v) is 17.9. The molecular weight excluding hydrogens is 455 g/mol. The first-order valence-corrected chi connectivity index (χ1v) is 11.1. The van der Waals surface area contributed by atoms with E-state index in [1.807, 2.05) is 6.07 Å². The van der Waals surface area contributed by atoms with Crippen molar-refractivity contribution >= 4 is 27.3 Å². The normalized spacial score (nSPS) is 11.5. The molecule has 0 aromatic heterocycles. The predicted octanol–water partition coefficient (Wildman–Crippen LogP) is 4.61. The number of hydrogen-bond acceptors (Lipinski definition) is 4. The fourth-order valence-corrected chi connectivity index (χ4v) is 4.43. The molecule has 0 fully saturated rings. The maximum Gasteiger partial charge on any atom is 0.416 e. The number of carbonyl (C=O) groups excluding carboxylic acids is 1. The van der Waals surface area contributed by atoms with Crippen LogP contribution in [0.2, 0.25) is 0 Å². The van der Waals surface area contributed by atoms with Crippen molar-refractivity contribution in [1.82, 2.24) is 0 Å². The highest BCUT2D eigenvalue weighted by Gasteiger charge is 2.33. The zero-order chi connectivity index (χ0) is 24.1. The molecule has 0 atom stereocenters. The van der Waals surface area contributed by atoms with Gasteiger partial charge in [-0.25, -0.2) is 8.42 Å². The molecule has 0 unspecified atom stereocenters. The van der Waals surface area contributed by atoms with Gasteiger partial charge in [-0.05, 0) is 48.0 Å². The third kappa shape index (κ3) is 5.90. The summed E-state index contributed by atoms with van der Waals surface area (Å²) in [7, 11) is -4.35. The average Bonchev–Trinajstić information content (AvgIpc) is 2.79. The monoisotopic (exact) mass is 473 g/mol. The van der Waals surface area contributed by atoms with Gasteiger partial charge < -0.3 is 5.32 Å². The molecule has 0 bridgehead atoms. The summed E-state index contributed by atoms with van der Waals surface area (Å²) in [6, 6.07) is 19.3. The van der Waals surface area contributed by atoms with E-state index < -0.39 is 34.2 Å². The van der Waals surface area contributed by atoms with Crippen molar-refractivity contribution in [3.05, 3.63) is 90.0 Å². The standard InChI is InChI=1S/C23H18F3N3O3S/c24-23(25,26)18-5-4-6-20(15-18)29(33(31,32)21-7-2-1-3-8-21)16-22(30)28-19-11-9-17(10-12-19)13-14-27/h1-12,15H,13,16H2,(H,28,30). The molecule has 0 heterocycles. The first kappa shape index (κ1) is 23.8. The minimum absolute atomic E-state index is 0.170. The molecule has 0 spiro atoms. The summed E-state index contributed by atoms with van der Waals surface area (Å²) in [5.74, 6) is -0.750. The van der Waals surface area contributed by atoms with Crippen molar-refractivity contribution in [1.29, 1.82) is 5.26 Å². The Morgan fingerprint density at radius 1 is 0.970 bits per heavy atom. The molecule has 0 radical (unpaired) electrons. The number of halogens is 3. The Labute approximate surface area is 188 Å². The van der Waals surface area contributed by atoms with Gasteiger partial charge in [0.15, 0.2) is 0 Å². The number of alkyl halides is 3. The van der Waals surface area contributed by atoms with Gasteiger partial charge in [-0.15, -0.1) is 0 Å². The van der Waals surface area contributed by atoms with E-state index in [4.69, 9.17) is 5.26 Å². The molecular formula is C23H18F3N3O3S. The number of carbonyl (C=O) groups is 1. The fourth-order valence-electron chi connectivity index (χ4n) is 3.00. The topological polar surface area (TPSA) is 90.3 Å². The highest BCUT2D eigenvalue weighted by Crippen LogP contribution is 2.33. The highest BCUT2D eigenvalue weighted by molar-refractivity contribution is 7.92. The van der Waals surface area contributed by atoms with Crippen LogP contribution in [0.15, 0.2) is 83.8 Å². The Hall–Kier alpha value is -3.84. The molecule has 33 heavy (non-hydrogen) atoms. The zero-order valence-electron chi connectivity index (χ0n) is 17.1. The van der Waals surface area contributed by atoms with Gasteiger partial charge in [0, 0.05) is 5.69 Å². The largest absolute Gasteiger partial charge is 0.416 e. The molecule has 3 aromatic carbocycles. The van der Waals surface area contributed by atoms with Crippen molar-refractivity contribution < 1.29 is 26.4 Å². The second kappa shape index (κ2) is 9.75. The molecule has 3 rings (SSSR count). The lowest BCUT2D eigenvalue weighted by molar-refractivity contribution is -0.137. The number of nitriles is 1. The van der Waals surface area contributed by atoms with Crippen LogP contribution in [0.25, 0.3) is 0 Å². The molecule has 6 nitrogen and oxygen atoms in total. The van der Waals surface area contributed by atoms with Crippen LogP contribution >= 0.6 is 0 Å². The molecule has 0 aliphatic carbocycles. The first-order chi connectivity index (χ1) is 15.6. The Bertz CT molecular complexity index is 1270. The van der Waals surface area contributed by atoms with Gasteiger partial charge >= 0.3 is 6.18 Å². The van der Waals surface area contributed by atoms with Crippen LogP contribution in [0.3, 0.4) is 0 Å². The Morgan fingerprint density at radius 3 is 2.24 bits per heavy atom. The van der Waals surface area contributed by atoms with E-state index in [-0.39, 0.29) is 17.0 Å². The van der Waals surface area contributed by atoms with E-state index in [1.54, 1.807) is 30.3 Å². The molecule has 0 aliphatic heterocycles. The minimum atomic E-state index is -4.69. The summed E-state index contributed by atoms with van der Waals surface area (Å²) in [4.78, 5) is 12.5. The highest BCUT2D eigenvalue weighted by atomic mass is 32.2. The lowest BCUT2D eigenvalue weighted by Gasteiger charge is -2.25. The summed E-state index contributed by atoms with van der Waals surface area (Å²) in [6.45, 7) is -0.752. The average molecular weight is 473 g/mol. The lowest BCUT2D eigenvalue weighted by Crippen LogP contribution is -2.38. The van der Waals surface area contributed by atoms with Gasteiger partial charge in [0.25, 0.3) is 10.0 Å². The SMILES string of the molecule is N#CCc1ccc(NC(=O)CN(c2cccc(C(F)(F)F)c2)S(=O)(=O)c2ccccc2)cc1. The van der Waals surface area contributed by atoms with Crippen LogP contribution in [0.1, 0.15) is 11.1 Å². The number of amides is 1. The Morgan fingerprint density at radius 2 is 1.64 bits per heavy atom. The van der Waals surface area contributed by atoms with Gasteiger partial charge in [0.1, 0.15) is 6.54 Å². The van der Waals surface area contributed by atoms with E-state index in [1.165, 1.54) is 30.3 Å². The Balaban J connectivity index is 1.94. The predicted molar refractivity (Wildman–Crippen MR) is 117 cm³/mol. The number of nitrogens with zero attached hydrogens (tertiary/aromatic N) is 2. The molecule has 10 heteroatoms. The number of anilines is 2. The second-order valence-corrected chi connectivity index (χ2v) is 8.82. The van der Waals surface area contributed by atoms with Crippen molar-refractivity contribution in [3.63, 3.8) is 0 Å². The number of rotatable bonds is 7. The second-order valence-electron chi connectivity index (χ2n) is 6.95. The van der Waals surface area contributed by atoms with Crippen molar-refractivity contribution in [3.8, 4) is 6.07 Å². The third-order valence-electron chi connectivity index (χ3n) is 4.60. The maximum atomic E-state index is 13.2. The number of hydrogen-bond donors (Lipinski definition) is 1. The summed E-state index contributed by atoms with van der Waals surface area (Å²) in [5.41, 5.74) is -0.259. The summed E-state index contributed by atoms with van der Waals surface area (Å²) in [5, 5.41) is 11.3. The van der Waals surface area contributed by atoms with E-state index in [0.717, 1.165) is 17.7 Å². The van der Waals surface area contributed by atoms with Crippen LogP contribution in [0, 0.1) is 11.3 Å². The summed E-state index contributed by atoms with van der Waals surface area (Å²) in [6.07, 6.45) is -4.50. The fraction of sp³-hybridized carbons (Fsp3) is 0.130. The van der Waals surface area contributed by atoms with Gasteiger partial charge in [0.2, 0.25) is 5.91 Å². The first-order valence-electron chi connectivity index (χ1n) is 9.62. The molecule has 1 N–H and O–H groups in total. The van der Waals surface area contributed by atoms with Crippen LogP contribution in [0.5, 0.6) is 0 Å². The van der Waals surface area contributed by atoms with Gasteiger partial charge in [0.05, 0.1) is 28.6 Å². The number of sulfonamides is 1. The Kier molecular flexibility index (Phi) is 7.04.